The maximum atomic E-state index is 13.2. The van der Waals surface area contributed by atoms with E-state index in [9.17, 15) is 35.9 Å². The summed E-state index contributed by atoms with van der Waals surface area (Å²) in [7, 11) is 0. The van der Waals surface area contributed by atoms with Gasteiger partial charge in [-0.3, -0.25) is 24.6 Å². The molecule has 0 saturated heterocycles. The standard InChI is InChI=1S/C21H12F6N8O3/c22-20(23,24)16-5-12(3-4-29-16)32-19(37)33-18(36)15-9-35(34-38-15)8-13-2-1-11(6-30-13)14-7-28-10-31-17(14)21(25,26)27/h1-7,9-10H,8H2,(H-,29,32,33,36,37)/p+1. The van der Waals surface area contributed by atoms with Crippen LogP contribution >= 0.6 is 0 Å². The third-order valence-corrected chi connectivity index (χ3v) is 4.71. The van der Waals surface area contributed by atoms with Crippen LogP contribution in [0.4, 0.5) is 36.8 Å². The maximum Gasteiger partial charge on any atom is 0.434 e. The Kier molecular flexibility index (Phi) is 7.00. The molecule has 0 atom stereocenters. The molecule has 11 nitrogen and oxygen atoms in total. The molecule has 2 N–H and O–H groups in total. The topological polar surface area (TPSA) is 140 Å². The number of amides is 3. The second-order valence-electron chi connectivity index (χ2n) is 7.42. The summed E-state index contributed by atoms with van der Waals surface area (Å²) >= 11 is 0. The minimum Gasteiger partial charge on any atom is -0.308 e. The van der Waals surface area contributed by atoms with Crippen LogP contribution < -0.4 is 15.3 Å². The van der Waals surface area contributed by atoms with E-state index in [4.69, 9.17) is 4.52 Å². The fourth-order valence-corrected chi connectivity index (χ4v) is 3.05. The first-order chi connectivity index (χ1) is 17.9. The number of pyridine rings is 2. The lowest BCUT2D eigenvalue weighted by atomic mass is 10.1. The van der Waals surface area contributed by atoms with Crippen LogP contribution in [-0.2, 0) is 18.9 Å². The zero-order valence-electron chi connectivity index (χ0n) is 18.6. The third kappa shape index (κ3) is 6.23. The lowest BCUT2D eigenvalue weighted by Gasteiger charge is -2.10. The van der Waals surface area contributed by atoms with Crippen LogP contribution in [0.15, 0.2) is 59.9 Å². The first kappa shape index (κ1) is 26.1. The zero-order valence-corrected chi connectivity index (χ0v) is 18.6. The van der Waals surface area contributed by atoms with Crippen molar-refractivity contribution in [1.29, 1.82) is 0 Å². The van der Waals surface area contributed by atoms with Gasteiger partial charge in [0.1, 0.15) is 17.7 Å². The highest BCUT2D eigenvalue weighted by molar-refractivity contribution is 6.06. The van der Waals surface area contributed by atoms with Gasteiger partial charge in [-0.2, -0.15) is 26.3 Å². The summed E-state index contributed by atoms with van der Waals surface area (Å²) in [6.07, 6.45) is -4.48. The van der Waals surface area contributed by atoms with Crippen LogP contribution in [0.2, 0.25) is 0 Å². The molecule has 0 aliphatic rings. The fraction of sp³-hybridized carbons (Fsp3) is 0.143. The number of hydrogen-bond acceptors (Lipinski definition) is 8. The van der Waals surface area contributed by atoms with Crippen LogP contribution in [0.25, 0.3) is 11.1 Å². The van der Waals surface area contributed by atoms with E-state index < -0.39 is 41.4 Å². The zero-order chi connectivity index (χ0) is 27.5. The van der Waals surface area contributed by atoms with Gasteiger partial charge in [-0.1, -0.05) is 6.07 Å². The number of nitrogens with zero attached hydrogens (tertiary/aromatic N) is 6. The summed E-state index contributed by atoms with van der Waals surface area (Å²) in [5, 5.41) is 7.53. The van der Waals surface area contributed by atoms with Gasteiger partial charge < -0.3 is 5.32 Å². The first-order valence-corrected chi connectivity index (χ1v) is 10.2. The molecule has 0 aromatic carbocycles. The van der Waals surface area contributed by atoms with Crippen molar-refractivity contribution in [1.82, 2.24) is 30.5 Å². The van der Waals surface area contributed by atoms with Gasteiger partial charge in [-0.25, -0.2) is 14.8 Å². The van der Waals surface area contributed by atoms with Crippen LogP contribution in [0.3, 0.4) is 0 Å². The van der Waals surface area contributed by atoms with Gasteiger partial charge in [-0.15, -0.1) is 0 Å². The van der Waals surface area contributed by atoms with Gasteiger partial charge >= 0.3 is 24.3 Å². The van der Waals surface area contributed by atoms with Gasteiger partial charge in [-0.05, 0) is 22.9 Å². The average molecular weight is 539 g/mol. The SMILES string of the molecule is O=C(NC(=O)c1c[n+](Cc2ccc(-c3cncnc3C(F)(F)F)cn2)no1)Nc1ccnc(C(F)(F)F)c1. The highest BCUT2D eigenvalue weighted by atomic mass is 19.4. The van der Waals surface area contributed by atoms with E-state index in [1.807, 2.05) is 5.32 Å². The van der Waals surface area contributed by atoms with E-state index in [2.05, 4.69) is 30.5 Å². The number of rotatable bonds is 5. The lowest BCUT2D eigenvalue weighted by Crippen LogP contribution is -2.37. The van der Waals surface area contributed by atoms with Gasteiger partial charge in [0.25, 0.3) is 12.0 Å². The molecule has 196 valence electrons. The second kappa shape index (κ2) is 10.2. The number of anilines is 1. The molecule has 0 aliphatic carbocycles. The first-order valence-electron chi connectivity index (χ1n) is 10.2. The Balaban J connectivity index is 1.38. The largest absolute Gasteiger partial charge is 0.434 e. The molecule has 0 unspecified atom stereocenters. The Hall–Kier alpha value is -4.96. The molecular weight excluding hydrogens is 526 g/mol. The monoisotopic (exact) mass is 539 g/mol. The van der Waals surface area contributed by atoms with E-state index >= 15 is 0 Å². The normalized spacial score (nSPS) is 11.7. The van der Waals surface area contributed by atoms with E-state index in [0.717, 1.165) is 35.7 Å². The van der Waals surface area contributed by atoms with Crippen molar-refractivity contribution in [3.05, 3.63) is 78.2 Å². The molecule has 4 heterocycles. The lowest BCUT2D eigenvalue weighted by molar-refractivity contribution is -0.755. The van der Waals surface area contributed by atoms with Crippen LogP contribution in [0.5, 0.6) is 0 Å². The molecule has 0 aliphatic heterocycles. The Morgan fingerprint density at radius 2 is 1.76 bits per heavy atom. The van der Waals surface area contributed by atoms with Gasteiger partial charge in [0.15, 0.2) is 11.0 Å². The molecule has 0 spiro atoms. The highest BCUT2D eigenvalue weighted by Gasteiger charge is 2.36. The fourth-order valence-electron chi connectivity index (χ4n) is 3.05. The Labute approximate surface area is 207 Å². The van der Waals surface area contributed by atoms with Crippen molar-refractivity contribution in [3.8, 4) is 11.1 Å². The molecule has 0 bridgehead atoms. The summed E-state index contributed by atoms with van der Waals surface area (Å²) in [6, 6.07) is 3.32. The number of nitrogens with one attached hydrogen (secondary N) is 2. The number of alkyl halides is 6. The van der Waals surface area contributed by atoms with E-state index in [-0.39, 0.29) is 23.4 Å². The quantitative estimate of drug-likeness (QED) is 0.291. The highest BCUT2D eigenvalue weighted by Crippen LogP contribution is 2.34. The average Bonchev–Trinajstić information content (AvgIpc) is 3.32. The van der Waals surface area contributed by atoms with Gasteiger partial charge in [0.05, 0.1) is 0 Å². The third-order valence-electron chi connectivity index (χ3n) is 4.71. The van der Waals surface area contributed by atoms with E-state index in [1.165, 1.54) is 18.3 Å². The van der Waals surface area contributed by atoms with Crippen LogP contribution in [-0.4, -0.2) is 37.1 Å². The molecule has 4 aromatic heterocycles. The summed E-state index contributed by atoms with van der Waals surface area (Å²) in [5.74, 6) is -1.47. The number of urea groups is 1. The maximum absolute atomic E-state index is 13.2. The predicted molar refractivity (Wildman–Crippen MR) is 112 cm³/mol. The molecule has 0 radical (unpaired) electrons. The molecule has 4 aromatic rings. The number of carbonyl (C=O) groups is 2. The van der Waals surface area contributed by atoms with E-state index in [1.54, 1.807) is 0 Å². The minimum atomic E-state index is -4.73. The van der Waals surface area contributed by atoms with Crippen molar-refractivity contribution < 1.29 is 45.1 Å². The number of aromatic nitrogens is 6. The molecule has 38 heavy (non-hydrogen) atoms. The molecule has 3 amide bonds. The number of hydrogen-bond donors (Lipinski definition) is 2. The Morgan fingerprint density at radius 1 is 0.974 bits per heavy atom. The van der Waals surface area contributed by atoms with Crippen molar-refractivity contribution in [2.45, 2.75) is 18.9 Å². The number of imide groups is 1. The minimum absolute atomic E-state index is 0.0576. The summed E-state index contributed by atoms with van der Waals surface area (Å²) in [4.78, 5) is 38.3. The summed E-state index contributed by atoms with van der Waals surface area (Å²) < 4.78 is 83.7. The number of carbonyl (C=O) groups excluding carboxylic acids is 2. The summed E-state index contributed by atoms with van der Waals surface area (Å²) in [5.41, 5.74) is -2.42. The molecule has 0 fully saturated rings. The smallest absolute Gasteiger partial charge is 0.308 e. The molecule has 4 rings (SSSR count). The molecular formula is C21H13F6N8O3+. The van der Waals surface area contributed by atoms with Crippen LogP contribution in [0.1, 0.15) is 27.6 Å². The Morgan fingerprint density at radius 3 is 2.45 bits per heavy atom. The second-order valence-corrected chi connectivity index (χ2v) is 7.42. The van der Waals surface area contributed by atoms with Crippen molar-refractivity contribution in [2.24, 2.45) is 0 Å². The van der Waals surface area contributed by atoms with Crippen molar-refractivity contribution in [3.63, 3.8) is 0 Å². The predicted octanol–water partition coefficient (Wildman–Crippen LogP) is 3.26. The van der Waals surface area contributed by atoms with Gasteiger partial charge in [0.2, 0.25) is 6.54 Å². The molecule has 17 heteroatoms. The molecule has 0 saturated carbocycles. The van der Waals surface area contributed by atoms with E-state index in [0.29, 0.717) is 11.8 Å². The van der Waals surface area contributed by atoms with Crippen molar-refractivity contribution in [2.75, 3.05) is 5.32 Å². The summed E-state index contributed by atoms with van der Waals surface area (Å²) in [6.45, 7) is -0.0576. The van der Waals surface area contributed by atoms with Gasteiger partial charge in [0, 0.05) is 35.4 Å². The van der Waals surface area contributed by atoms with Crippen LogP contribution in [0, 0.1) is 0 Å². The van der Waals surface area contributed by atoms with Crippen molar-refractivity contribution >= 4 is 17.6 Å². The Bertz CT molecular complexity index is 1470. The number of halogens is 6.